The maximum absolute atomic E-state index is 11.7. The molecule has 1 fully saturated rings. The number of carbonyl (C=O) groups is 1. The van der Waals surface area contributed by atoms with E-state index in [2.05, 4.69) is 15.5 Å². The van der Waals surface area contributed by atoms with Crippen molar-refractivity contribution in [3.63, 3.8) is 0 Å². The fourth-order valence-corrected chi connectivity index (χ4v) is 2.69. The summed E-state index contributed by atoms with van der Waals surface area (Å²) in [5.74, 6) is 1.95. The number of thioether (sulfide) groups is 1. The van der Waals surface area contributed by atoms with Crippen molar-refractivity contribution in [1.82, 2.24) is 14.8 Å². The van der Waals surface area contributed by atoms with Crippen LogP contribution in [0.5, 0.6) is 0 Å². The predicted molar refractivity (Wildman–Crippen MR) is 56.7 cm³/mol. The third-order valence-corrected chi connectivity index (χ3v) is 3.92. The number of hydrogen-bond donors (Lipinski definition) is 1. The van der Waals surface area contributed by atoms with E-state index in [1.165, 1.54) is 6.42 Å². The minimum atomic E-state index is 0.105. The van der Waals surface area contributed by atoms with E-state index in [4.69, 9.17) is 0 Å². The standard InChI is InChI=1S/C9H12N4OS/c14-7(6-2-1-3-6)10-8-11-12-9-13(8)4-5-15-9/h6H,1-5H2,(H,10,11,14). The van der Waals surface area contributed by atoms with Crippen LogP contribution in [0.25, 0.3) is 0 Å². The van der Waals surface area contributed by atoms with E-state index in [1.54, 1.807) is 11.8 Å². The highest BCUT2D eigenvalue weighted by Gasteiger charge is 2.27. The van der Waals surface area contributed by atoms with Gasteiger partial charge in [0, 0.05) is 18.2 Å². The van der Waals surface area contributed by atoms with Gasteiger partial charge in [-0.3, -0.25) is 14.7 Å². The zero-order chi connectivity index (χ0) is 10.3. The quantitative estimate of drug-likeness (QED) is 0.818. The summed E-state index contributed by atoms with van der Waals surface area (Å²) in [6.07, 6.45) is 3.20. The highest BCUT2D eigenvalue weighted by atomic mass is 32.2. The normalized spacial score (nSPS) is 19.7. The third kappa shape index (κ3) is 1.52. The lowest BCUT2D eigenvalue weighted by Gasteiger charge is -2.23. The van der Waals surface area contributed by atoms with Gasteiger partial charge in [0.05, 0.1) is 0 Å². The lowest BCUT2D eigenvalue weighted by molar-refractivity contribution is -0.122. The first-order valence-corrected chi connectivity index (χ1v) is 6.20. The van der Waals surface area contributed by atoms with Gasteiger partial charge in [0.1, 0.15) is 0 Å². The van der Waals surface area contributed by atoms with Crippen LogP contribution in [-0.4, -0.2) is 26.4 Å². The zero-order valence-electron chi connectivity index (χ0n) is 8.27. The smallest absolute Gasteiger partial charge is 0.231 e. The van der Waals surface area contributed by atoms with E-state index in [9.17, 15) is 4.79 Å². The summed E-state index contributed by atoms with van der Waals surface area (Å²) in [5.41, 5.74) is 0. The van der Waals surface area contributed by atoms with Crippen LogP contribution in [0, 0.1) is 5.92 Å². The molecule has 1 aliphatic carbocycles. The number of rotatable bonds is 2. The van der Waals surface area contributed by atoms with Crippen LogP contribution in [0.3, 0.4) is 0 Å². The molecular weight excluding hydrogens is 212 g/mol. The second-order valence-corrected chi connectivity index (χ2v) is 4.99. The number of amides is 1. The summed E-state index contributed by atoms with van der Waals surface area (Å²) in [5, 5.41) is 11.8. The zero-order valence-corrected chi connectivity index (χ0v) is 9.09. The molecule has 0 bridgehead atoms. The molecule has 0 saturated heterocycles. The van der Waals surface area contributed by atoms with Gasteiger partial charge in [0.2, 0.25) is 11.9 Å². The molecule has 1 saturated carbocycles. The molecule has 0 radical (unpaired) electrons. The molecule has 2 heterocycles. The van der Waals surface area contributed by atoms with Gasteiger partial charge in [-0.2, -0.15) is 0 Å². The van der Waals surface area contributed by atoms with E-state index in [1.807, 2.05) is 4.57 Å². The minimum absolute atomic E-state index is 0.105. The van der Waals surface area contributed by atoms with Crippen LogP contribution in [-0.2, 0) is 11.3 Å². The van der Waals surface area contributed by atoms with Crippen molar-refractivity contribution in [1.29, 1.82) is 0 Å². The monoisotopic (exact) mass is 224 g/mol. The molecule has 15 heavy (non-hydrogen) atoms. The van der Waals surface area contributed by atoms with Gasteiger partial charge >= 0.3 is 0 Å². The second-order valence-electron chi connectivity index (χ2n) is 3.92. The van der Waals surface area contributed by atoms with Crippen molar-refractivity contribution >= 4 is 23.6 Å². The molecule has 0 unspecified atom stereocenters. The van der Waals surface area contributed by atoms with E-state index >= 15 is 0 Å². The third-order valence-electron chi connectivity index (χ3n) is 2.97. The molecule has 0 atom stereocenters. The van der Waals surface area contributed by atoms with Gasteiger partial charge in [-0.05, 0) is 12.8 Å². The van der Waals surface area contributed by atoms with Crippen LogP contribution < -0.4 is 5.32 Å². The van der Waals surface area contributed by atoms with Crippen LogP contribution in [0.2, 0.25) is 0 Å². The molecule has 1 aromatic rings. The van der Waals surface area contributed by atoms with Crippen molar-refractivity contribution in [3.8, 4) is 0 Å². The topological polar surface area (TPSA) is 59.8 Å². The number of carbonyl (C=O) groups excluding carboxylic acids is 1. The number of nitrogens with zero attached hydrogens (tertiary/aromatic N) is 3. The molecule has 1 N–H and O–H groups in total. The highest BCUT2D eigenvalue weighted by molar-refractivity contribution is 7.99. The van der Waals surface area contributed by atoms with Crippen molar-refractivity contribution in [2.45, 2.75) is 31.0 Å². The van der Waals surface area contributed by atoms with Crippen molar-refractivity contribution < 1.29 is 4.79 Å². The maximum Gasteiger partial charge on any atom is 0.231 e. The van der Waals surface area contributed by atoms with E-state index < -0.39 is 0 Å². The Bertz CT molecular complexity index is 399. The number of anilines is 1. The predicted octanol–water partition coefficient (Wildman–Crippen LogP) is 1.12. The van der Waals surface area contributed by atoms with E-state index in [0.717, 1.165) is 30.3 Å². The molecule has 1 aliphatic heterocycles. The summed E-state index contributed by atoms with van der Waals surface area (Å²) < 4.78 is 1.97. The van der Waals surface area contributed by atoms with E-state index in [-0.39, 0.29) is 11.8 Å². The molecule has 80 valence electrons. The summed E-state index contributed by atoms with van der Waals surface area (Å²) in [4.78, 5) is 11.7. The Kier molecular flexibility index (Phi) is 2.16. The fraction of sp³-hybridized carbons (Fsp3) is 0.667. The van der Waals surface area contributed by atoms with Crippen molar-refractivity contribution in [3.05, 3.63) is 0 Å². The van der Waals surface area contributed by atoms with Crippen LogP contribution in [0.15, 0.2) is 5.16 Å². The average molecular weight is 224 g/mol. The highest BCUT2D eigenvalue weighted by Crippen LogP contribution is 2.29. The summed E-state index contributed by atoms with van der Waals surface area (Å²) >= 11 is 1.68. The van der Waals surface area contributed by atoms with E-state index in [0.29, 0.717) is 5.95 Å². The molecule has 0 aromatic carbocycles. The summed E-state index contributed by atoms with van der Waals surface area (Å²) in [6, 6.07) is 0. The summed E-state index contributed by atoms with van der Waals surface area (Å²) in [7, 11) is 0. The molecular formula is C9H12N4OS. The molecule has 3 rings (SSSR count). The Labute approximate surface area is 91.6 Å². The van der Waals surface area contributed by atoms with Gasteiger partial charge in [0.25, 0.3) is 0 Å². The first-order chi connectivity index (χ1) is 7.34. The molecule has 5 nitrogen and oxygen atoms in total. The van der Waals surface area contributed by atoms with Crippen molar-refractivity contribution in [2.75, 3.05) is 11.1 Å². The molecule has 6 heteroatoms. The minimum Gasteiger partial charge on any atom is -0.294 e. The first kappa shape index (κ1) is 9.21. The Balaban J connectivity index is 1.73. The van der Waals surface area contributed by atoms with Crippen molar-refractivity contribution in [2.24, 2.45) is 5.92 Å². The molecule has 1 amide bonds. The van der Waals surface area contributed by atoms with Gasteiger partial charge in [-0.15, -0.1) is 10.2 Å². The Hall–Kier alpha value is -1.04. The van der Waals surface area contributed by atoms with Crippen LogP contribution in [0.1, 0.15) is 19.3 Å². The van der Waals surface area contributed by atoms with Crippen LogP contribution in [0.4, 0.5) is 5.95 Å². The van der Waals surface area contributed by atoms with Crippen LogP contribution >= 0.6 is 11.8 Å². The fourth-order valence-electron chi connectivity index (χ4n) is 1.80. The Morgan fingerprint density at radius 3 is 3.07 bits per heavy atom. The lowest BCUT2D eigenvalue weighted by Crippen LogP contribution is -2.29. The molecule has 2 aliphatic rings. The number of nitrogens with one attached hydrogen (secondary N) is 1. The van der Waals surface area contributed by atoms with Gasteiger partial charge in [-0.1, -0.05) is 18.2 Å². The SMILES string of the molecule is O=C(Nc1nnc2n1CCS2)C1CCC1. The molecule has 0 spiro atoms. The number of hydrogen-bond acceptors (Lipinski definition) is 4. The number of fused-ring (bicyclic) bond motifs is 1. The Morgan fingerprint density at radius 1 is 1.47 bits per heavy atom. The van der Waals surface area contributed by atoms with Gasteiger partial charge in [0.15, 0.2) is 5.16 Å². The largest absolute Gasteiger partial charge is 0.294 e. The average Bonchev–Trinajstić information content (AvgIpc) is 2.66. The maximum atomic E-state index is 11.7. The lowest BCUT2D eigenvalue weighted by atomic mass is 9.85. The second kappa shape index (κ2) is 3.52. The molecule has 1 aromatic heterocycles. The van der Waals surface area contributed by atoms with Gasteiger partial charge in [-0.25, -0.2) is 0 Å². The Morgan fingerprint density at radius 2 is 2.33 bits per heavy atom. The summed E-state index contributed by atoms with van der Waals surface area (Å²) in [6.45, 7) is 0.896. The number of aromatic nitrogens is 3. The first-order valence-electron chi connectivity index (χ1n) is 5.21. The van der Waals surface area contributed by atoms with Gasteiger partial charge < -0.3 is 0 Å².